The van der Waals surface area contributed by atoms with E-state index in [0.29, 0.717) is 12.0 Å². The van der Waals surface area contributed by atoms with Crippen LogP contribution in [-0.2, 0) is 0 Å². The van der Waals surface area contributed by atoms with Gasteiger partial charge in [-0.2, -0.15) is 0 Å². The Bertz CT molecular complexity index is 416. The summed E-state index contributed by atoms with van der Waals surface area (Å²) in [6.45, 7) is 5.36. The van der Waals surface area contributed by atoms with Crippen LogP contribution in [0.2, 0.25) is 0 Å². The van der Waals surface area contributed by atoms with Gasteiger partial charge in [-0.15, -0.1) is 11.3 Å². The zero-order valence-electron chi connectivity index (χ0n) is 12.7. The van der Waals surface area contributed by atoms with Gasteiger partial charge >= 0.3 is 0 Å². The maximum absolute atomic E-state index is 4.31. The highest BCUT2D eigenvalue weighted by molar-refractivity contribution is 7.10. The summed E-state index contributed by atoms with van der Waals surface area (Å²) >= 11 is 1.82. The van der Waals surface area contributed by atoms with Gasteiger partial charge in [-0.3, -0.25) is 4.99 Å². The summed E-state index contributed by atoms with van der Waals surface area (Å²) in [6.07, 6.45) is 2.59. The Balaban J connectivity index is 1.72. The molecule has 2 rings (SSSR count). The van der Waals surface area contributed by atoms with Crippen LogP contribution >= 0.6 is 11.3 Å². The second kappa shape index (κ2) is 7.64. The van der Waals surface area contributed by atoms with E-state index in [0.717, 1.165) is 19.0 Å². The summed E-state index contributed by atoms with van der Waals surface area (Å²) in [6, 6.07) is 4.95. The highest BCUT2D eigenvalue weighted by atomic mass is 32.1. The summed E-state index contributed by atoms with van der Waals surface area (Å²) in [7, 11) is 4.04. The molecule has 20 heavy (non-hydrogen) atoms. The van der Waals surface area contributed by atoms with E-state index >= 15 is 0 Å². The van der Waals surface area contributed by atoms with Gasteiger partial charge in [-0.05, 0) is 37.9 Å². The maximum Gasteiger partial charge on any atom is 0.191 e. The second-order valence-electron chi connectivity index (χ2n) is 5.53. The normalized spacial score (nSPS) is 21.9. The molecule has 0 bridgehead atoms. The number of thiophene rings is 1. The molecule has 0 amide bonds. The Kier molecular flexibility index (Phi) is 5.86. The van der Waals surface area contributed by atoms with Crippen molar-refractivity contribution in [3.63, 3.8) is 0 Å². The number of nitrogens with one attached hydrogen (secondary N) is 2. The topological polar surface area (TPSA) is 39.7 Å². The molecule has 0 aromatic carbocycles. The van der Waals surface area contributed by atoms with Crippen LogP contribution in [0.15, 0.2) is 22.5 Å². The molecule has 1 aliphatic rings. The van der Waals surface area contributed by atoms with Crippen molar-refractivity contribution in [2.24, 2.45) is 4.99 Å². The van der Waals surface area contributed by atoms with Crippen molar-refractivity contribution >= 4 is 17.3 Å². The first-order chi connectivity index (χ1) is 9.70. The van der Waals surface area contributed by atoms with E-state index in [2.05, 4.69) is 52.0 Å². The first kappa shape index (κ1) is 15.3. The molecule has 5 heteroatoms. The summed E-state index contributed by atoms with van der Waals surface area (Å²) < 4.78 is 0. The summed E-state index contributed by atoms with van der Waals surface area (Å²) in [5.74, 6) is 1.43. The molecule has 0 saturated carbocycles. The molecule has 2 atom stereocenters. The number of rotatable bonds is 5. The molecule has 1 aliphatic heterocycles. The van der Waals surface area contributed by atoms with E-state index in [1.807, 2.05) is 18.4 Å². The van der Waals surface area contributed by atoms with E-state index in [1.165, 1.54) is 24.3 Å². The molecule has 1 aromatic rings. The monoisotopic (exact) mass is 294 g/mol. The van der Waals surface area contributed by atoms with Gasteiger partial charge in [0.2, 0.25) is 0 Å². The van der Waals surface area contributed by atoms with Crippen LogP contribution < -0.4 is 10.6 Å². The number of aliphatic imine (C=N–C) groups is 1. The largest absolute Gasteiger partial charge is 0.356 e. The lowest BCUT2D eigenvalue weighted by Gasteiger charge is -2.22. The zero-order chi connectivity index (χ0) is 14.4. The molecule has 1 aromatic heterocycles. The second-order valence-corrected chi connectivity index (χ2v) is 6.51. The molecule has 0 aliphatic carbocycles. The van der Waals surface area contributed by atoms with Crippen LogP contribution in [0.25, 0.3) is 0 Å². The SMILES string of the molecule is CN=C(NCC(C)c1cccs1)NCC1CCCN1C. The fourth-order valence-electron chi connectivity index (χ4n) is 2.59. The fourth-order valence-corrected chi connectivity index (χ4v) is 3.38. The zero-order valence-corrected chi connectivity index (χ0v) is 13.5. The smallest absolute Gasteiger partial charge is 0.191 e. The van der Waals surface area contributed by atoms with E-state index in [9.17, 15) is 0 Å². The van der Waals surface area contributed by atoms with E-state index in [-0.39, 0.29) is 0 Å². The minimum atomic E-state index is 0.516. The third kappa shape index (κ3) is 4.21. The number of nitrogens with zero attached hydrogens (tertiary/aromatic N) is 2. The van der Waals surface area contributed by atoms with Crippen molar-refractivity contribution in [2.45, 2.75) is 31.7 Å². The quantitative estimate of drug-likeness (QED) is 0.645. The minimum absolute atomic E-state index is 0.516. The third-order valence-electron chi connectivity index (χ3n) is 4.00. The molecular weight excluding hydrogens is 268 g/mol. The molecule has 1 saturated heterocycles. The number of likely N-dealkylation sites (N-methyl/N-ethyl adjacent to an activating group) is 1. The van der Waals surface area contributed by atoms with E-state index < -0.39 is 0 Å². The number of guanidine groups is 1. The molecular formula is C15H26N4S. The van der Waals surface area contributed by atoms with Gasteiger partial charge < -0.3 is 15.5 Å². The van der Waals surface area contributed by atoms with Crippen LogP contribution in [0.4, 0.5) is 0 Å². The first-order valence-electron chi connectivity index (χ1n) is 7.39. The predicted octanol–water partition coefficient (Wildman–Crippen LogP) is 2.11. The molecule has 0 spiro atoms. The van der Waals surface area contributed by atoms with Crippen LogP contribution in [0.3, 0.4) is 0 Å². The molecule has 2 N–H and O–H groups in total. The van der Waals surface area contributed by atoms with Gasteiger partial charge in [-0.25, -0.2) is 0 Å². The Morgan fingerprint density at radius 1 is 1.55 bits per heavy atom. The number of likely N-dealkylation sites (tertiary alicyclic amines) is 1. The lowest BCUT2D eigenvalue weighted by atomic mass is 10.1. The lowest BCUT2D eigenvalue weighted by Crippen LogP contribution is -2.44. The van der Waals surface area contributed by atoms with Gasteiger partial charge in [0.1, 0.15) is 0 Å². The summed E-state index contributed by atoms with van der Waals surface area (Å²) in [5, 5.41) is 9.00. The molecule has 4 nitrogen and oxygen atoms in total. The minimum Gasteiger partial charge on any atom is -0.356 e. The Hall–Kier alpha value is -1.07. The van der Waals surface area contributed by atoms with E-state index in [1.54, 1.807) is 0 Å². The van der Waals surface area contributed by atoms with Crippen molar-refractivity contribution in [3.05, 3.63) is 22.4 Å². The molecule has 1 fully saturated rings. The predicted molar refractivity (Wildman–Crippen MR) is 87.8 cm³/mol. The average Bonchev–Trinajstić information content (AvgIpc) is 3.10. The van der Waals surface area contributed by atoms with Crippen molar-refractivity contribution in [1.29, 1.82) is 0 Å². The fraction of sp³-hybridized carbons (Fsp3) is 0.667. The maximum atomic E-state index is 4.31. The van der Waals surface area contributed by atoms with Gasteiger partial charge in [-0.1, -0.05) is 13.0 Å². The van der Waals surface area contributed by atoms with Gasteiger partial charge in [0.15, 0.2) is 5.96 Å². The average molecular weight is 294 g/mol. The first-order valence-corrected chi connectivity index (χ1v) is 8.27. The Morgan fingerprint density at radius 3 is 3.00 bits per heavy atom. The van der Waals surface area contributed by atoms with Crippen LogP contribution in [0.1, 0.15) is 30.6 Å². The van der Waals surface area contributed by atoms with Crippen molar-refractivity contribution in [1.82, 2.24) is 15.5 Å². The highest BCUT2D eigenvalue weighted by Crippen LogP contribution is 2.19. The summed E-state index contributed by atoms with van der Waals surface area (Å²) in [4.78, 5) is 8.15. The van der Waals surface area contributed by atoms with Crippen molar-refractivity contribution < 1.29 is 0 Å². The van der Waals surface area contributed by atoms with Crippen molar-refractivity contribution in [2.75, 3.05) is 33.7 Å². The summed E-state index contributed by atoms with van der Waals surface area (Å²) in [5.41, 5.74) is 0. The molecule has 0 radical (unpaired) electrons. The standard InChI is InChI=1S/C15H26N4S/c1-12(14-7-5-9-20-14)10-17-15(16-2)18-11-13-6-4-8-19(13)3/h5,7,9,12-13H,4,6,8,10-11H2,1-3H3,(H2,16,17,18). The Labute approximate surface area is 126 Å². The van der Waals surface area contributed by atoms with Crippen molar-refractivity contribution in [3.8, 4) is 0 Å². The van der Waals surface area contributed by atoms with Crippen LogP contribution in [0.5, 0.6) is 0 Å². The number of hydrogen-bond acceptors (Lipinski definition) is 3. The van der Waals surface area contributed by atoms with Gasteiger partial charge in [0.25, 0.3) is 0 Å². The third-order valence-corrected chi connectivity index (χ3v) is 5.11. The number of hydrogen-bond donors (Lipinski definition) is 2. The molecule has 112 valence electrons. The van der Waals surface area contributed by atoms with Gasteiger partial charge in [0, 0.05) is 37.0 Å². The molecule has 2 heterocycles. The Morgan fingerprint density at radius 2 is 2.40 bits per heavy atom. The van der Waals surface area contributed by atoms with E-state index in [4.69, 9.17) is 0 Å². The molecule has 2 unspecified atom stereocenters. The van der Waals surface area contributed by atoms with Gasteiger partial charge in [0.05, 0.1) is 0 Å². The van der Waals surface area contributed by atoms with Crippen LogP contribution in [0, 0.1) is 0 Å². The lowest BCUT2D eigenvalue weighted by molar-refractivity contribution is 0.309. The highest BCUT2D eigenvalue weighted by Gasteiger charge is 2.20. The van der Waals surface area contributed by atoms with Crippen LogP contribution in [-0.4, -0.2) is 50.6 Å².